The molecule has 2 saturated heterocycles. The van der Waals surface area contributed by atoms with Crippen LogP contribution < -0.4 is 5.32 Å². The Morgan fingerprint density at radius 1 is 1.39 bits per heavy atom. The highest BCUT2D eigenvalue weighted by Gasteiger charge is 2.49. The number of carbonyl (C=O) groups excluding carboxylic acids is 1. The lowest BCUT2D eigenvalue weighted by atomic mass is 9.71. The largest absolute Gasteiger partial charge is 0.490 e. The number of aliphatic carboxylic acids is 1. The van der Waals surface area contributed by atoms with Crippen molar-refractivity contribution in [3.63, 3.8) is 0 Å². The van der Waals surface area contributed by atoms with E-state index in [0.717, 1.165) is 39.0 Å². The molecule has 0 aliphatic carbocycles. The summed E-state index contributed by atoms with van der Waals surface area (Å²) in [5, 5.41) is 10.2. The number of thiophene rings is 1. The minimum atomic E-state index is -5.08. The molecule has 2 fully saturated rings. The average Bonchev–Trinajstić information content (AvgIpc) is 3.15. The SMILES string of the molecule is COCC1C(=O)NCC12CCN(Cc1ccc(C)s1)CC2.O=C(O)C(F)(F)F. The average molecular weight is 422 g/mol. The molecule has 1 aromatic rings. The molecule has 1 atom stereocenters. The molecule has 1 aromatic heterocycles. The highest BCUT2D eigenvalue weighted by atomic mass is 32.1. The highest BCUT2D eigenvalue weighted by Crippen LogP contribution is 2.42. The molecule has 0 radical (unpaired) electrons. The van der Waals surface area contributed by atoms with Gasteiger partial charge in [0.2, 0.25) is 5.91 Å². The molecule has 1 amide bonds. The maximum absolute atomic E-state index is 12.0. The molecular formula is C18H25F3N2O4S. The van der Waals surface area contributed by atoms with E-state index in [1.165, 1.54) is 9.75 Å². The first-order valence-corrected chi connectivity index (χ1v) is 9.73. The van der Waals surface area contributed by atoms with Crippen LogP contribution in [0.3, 0.4) is 0 Å². The zero-order valence-corrected chi connectivity index (χ0v) is 16.7. The van der Waals surface area contributed by atoms with Crippen LogP contribution in [0, 0.1) is 18.3 Å². The van der Waals surface area contributed by atoms with Crippen LogP contribution in [0.25, 0.3) is 0 Å². The molecule has 3 heterocycles. The van der Waals surface area contributed by atoms with Gasteiger partial charge in [0.05, 0.1) is 12.5 Å². The normalized spacial score (nSPS) is 21.9. The third kappa shape index (κ3) is 5.68. The van der Waals surface area contributed by atoms with Gasteiger partial charge in [0.1, 0.15) is 0 Å². The van der Waals surface area contributed by atoms with Gasteiger partial charge in [-0.3, -0.25) is 9.69 Å². The molecule has 2 aliphatic rings. The Balaban J connectivity index is 0.000000345. The molecular weight excluding hydrogens is 397 g/mol. The van der Waals surface area contributed by atoms with Crippen LogP contribution in [0.1, 0.15) is 22.6 Å². The van der Waals surface area contributed by atoms with Crippen LogP contribution >= 0.6 is 11.3 Å². The van der Waals surface area contributed by atoms with Gasteiger partial charge in [-0.25, -0.2) is 4.79 Å². The van der Waals surface area contributed by atoms with Crippen LogP contribution in [0.5, 0.6) is 0 Å². The van der Waals surface area contributed by atoms with Crippen molar-refractivity contribution in [3.05, 3.63) is 21.9 Å². The van der Waals surface area contributed by atoms with Crippen molar-refractivity contribution in [1.29, 1.82) is 0 Å². The number of hydrogen-bond acceptors (Lipinski definition) is 5. The van der Waals surface area contributed by atoms with Crippen LogP contribution in [0.15, 0.2) is 12.1 Å². The summed E-state index contributed by atoms with van der Waals surface area (Å²) in [5.74, 6) is -2.54. The van der Waals surface area contributed by atoms with E-state index in [1.54, 1.807) is 7.11 Å². The summed E-state index contributed by atoms with van der Waals surface area (Å²) in [4.78, 5) is 26.2. The third-order valence-electron chi connectivity index (χ3n) is 5.27. The fraction of sp³-hybridized carbons (Fsp3) is 0.667. The molecule has 0 saturated carbocycles. The molecule has 0 aromatic carbocycles. The lowest BCUT2D eigenvalue weighted by Crippen LogP contribution is -2.45. The molecule has 2 aliphatic heterocycles. The summed E-state index contributed by atoms with van der Waals surface area (Å²) in [5.41, 5.74) is 0.120. The Labute approximate surface area is 165 Å². The second kappa shape index (κ2) is 9.23. The number of nitrogens with zero attached hydrogens (tertiary/aromatic N) is 1. The van der Waals surface area contributed by atoms with Crippen molar-refractivity contribution in [2.75, 3.05) is 33.4 Å². The first-order valence-electron chi connectivity index (χ1n) is 8.92. The fourth-order valence-corrected chi connectivity index (χ4v) is 4.61. The van der Waals surface area contributed by atoms with E-state index in [9.17, 15) is 18.0 Å². The third-order valence-corrected chi connectivity index (χ3v) is 6.26. The fourth-order valence-electron chi connectivity index (χ4n) is 3.68. The number of methoxy groups -OCH3 is 1. The standard InChI is InChI=1S/C16H24N2O2S.C2HF3O2/c1-12-3-4-13(21-12)9-18-7-5-16(6-8-18)11-17-15(19)14(16)10-20-2;3-2(4,5)1(6)7/h3-4,14H,5-11H2,1-2H3,(H,17,19);(H,6,7). The monoisotopic (exact) mass is 422 g/mol. The van der Waals surface area contributed by atoms with Gasteiger partial charge >= 0.3 is 12.1 Å². The summed E-state index contributed by atoms with van der Waals surface area (Å²) in [6.45, 7) is 6.73. The Kier molecular flexibility index (Phi) is 7.46. The van der Waals surface area contributed by atoms with Gasteiger partial charge in [-0.05, 0) is 45.0 Å². The number of carboxylic acids is 1. The Morgan fingerprint density at radius 2 is 2.00 bits per heavy atom. The topological polar surface area (TPSA) is 78.9 Å². The van der Waals surface area contributed by atoms with E-state index in [2.05, 4.69) is 29.3 Å². The van der Waals surface area contributed by atoms with Crippen LogP contribution in [-0.2, 0) is 20.9 Å². The molecule has 0 bridgehead atoms. The number of hydrogen-bond donors (Lipinski definition) is 2. The summed E-state index contributed by atoms with van der Waals surface area (Å²) in [6.07, 6.45) is -2.91. The molecule has 2 N–H and O–H groups in total. The molecule has 3 rings (SSSR count). The summed E-state index contributed by atoms with van der Waals surface area (Å²) in [6, 6.07) is 4.43. The second-order valence-corrected chi connectivity index (χ2v) is 8.55. The Bertz CT molecular complexity index is 685. The van der Waals surface area contributed by atoms with E-state index < -0.39 is 12.1 Å². The minimum Gasteiger partial charge on any atom is -0.475 e. The Hall–Kier alpha value is -1.65. The smallest absolute Gasteiger partial charge is 0.475 e. The number of halogens is 3. The number of nitrogens with one attached hydrogen (secondary N) is 1. The minimum absolute atomic E-state index is 0.0358. The van der Waals surface area contributed by atoms with Crippen molar-refractivity contribution >= 4 is 23.2 Å². The van der Waals surface area contributed by atoms with Crippen molar-refractivity contribution in [2.24, 2.45) is 11.3 Å². The molecule has 10 heteroatoms. The van der Waals surface area contributed by atoms with Crippen molar-refractivity contribution in [1.82, 2.24) is 10.2 Å². The number of alkyl halides is 3. The summed E-state index contributed by atoms with van der Waals surface area (Å²) < 4.78 is 37.0. The molecule has 1 spiro atoms. The lowest BCUT2D eigenvalue weighted by Gasteiger charge is -2.41. The first-order chi connectivity index (χ1) is 13.1. The quantitative estimate of drug-likeness (QED) is 0.780. The van der Waals surface area contributed by atoms with Crippen molar-refractivity contribution in [2.45, 2.75) is 32.5 Å². The number of carboxylic acid groups (broad SMARTS) is 1. The molecule has 28 heavy (non-hydrogen) atoms. The maximum Gasteiger partial charge on any atom is 0.490 e. The molecule has 1 unspecified atom stereocenters. The summed E-state index contributed by atoms with van der Waals surface area (Å²) >= 11 is 1.89. The van der Waals surface area contributed by atoms with Crippen LogP contribution in [-0.4, -0.2) is 61.4 Å². The number of carbonyl (C=O) groups is 2. The van der Waals surface area contributed by atoms with Crippen LogP contribution in [0.2, 0.25) is 0 Å². The van der Waals surface area contributed by atoms with E-state index >= 15 is 0 Å². The first kappa shape index (κ1) is 22.6. The van der Waals surface area contributed by atoms with Gasteiger partial charge < -0.3 is 15.2 Å². The summed E-state index contributed by atoms with van der Waals surface area (Å²) in [7, 11) is 1.69. The van der Waals surface area contributed by atoms with Gasteiger partial charge in [0, 0.05) is 35.4 Å². The predicted octanol–water partition coefficient (Wildman–Crippen LogP) is 2.66. The lowest BCUT2D eigenvalue weighted by molar-refractivity contribution is -0.192. The zero-order chi connectivity index (χ0) is 20.9. The van der Waals surface area contributed by atoms with Gasteiger partial charge in [-0.1, -0.05) is 0 Å². The zero-order valence-electron chi connectivity index (χ0n) is 15.8. The molecule has 6 nitrogen and oxygen atoms in total. The van der Waals surface area contributed by atoms with E-state index in [0.29, 0.717) is 6.61 Å². The van der Waals surface area contributed by atoms with Gasteiger partial charge in [0.25, 0.3) is 0 Å². The van der Waals surface area contributed by atoms with Gasteiger partial charge in [-0.2, -0.15) is 13.2 Å². The maximum atomic E-state index is 12.0. The van der Waals surface area contributed by atoms with E-state index in [4.69, 9.17) is 14.6 Å². The number of likely N-dealkylation sites (tertiary alicyclic amines) is 1. The number of ether oxygens (including phenoxy) is 1. The molecule has 158 valence electrons. The van der Waals surface area contributed by atoms with Gasteiger partial charge in [-0.15, -0.1) is 11.3 Å². The van der Waals surface area contributed by atoms with Crippen LogP contribution in [0.4, 0.5) is 13.2 Å². The highest BCUT2D eigenvalue weighted by molar-refractivity contribution is 7.11. The number of amides is 1. The van der Waals surface area contributed by atoms with Crippen molar-refractivity contribution < 1.29 is 32.6 Å². The van der Waals surface area contributed by atoms with Gasteiger partial charge in [0.15, 0.2) is 0 Å². The van der Waals surface area contributed by atoms with E-state index in [-0.39, 0.29) is 17.2 Å². The second-order valence-electron chi connectivity index (χ2n) is 7.18. The Morgan fingerprint density at radius 3 is 2.46 bits per heavy atom. The number of piperidine rings is 1. The van der Waals surface area contributed by atoms with Crippen molar-refractivity contribution in [3.8, 4) is 0 Å². The predicted molar refractivity (Wildman–Crippen MR) is 98.1 cm³/mol. The van der Waals surface area contributed by atoms with E-state index in [1.807, 2.05) is 11.3 Å². The number of rotatable bonds is 4. The number of aryl methyl sites for hydroxylation is 1.